The Bertz CT molecular complexity index is 540. The first kappa shape index (κ1) is 14.6. The van der Waals surface area contributed by atoms with Crippen molar-refractivity contribution in [3.63, 3.8) is 0 Å². The van der Waals surface area contributed by atoms with Crippen LogP contribution in [0.2, 0.25) is 0 Å². The lowest BCUT2D eigenvalue weighted by Gasteiger charge is -2.07. The average Bonchev–Trinajstić information content (AvgIpc) is 2.49. The Kier molecular flexibility index (Phi) is 5.65. The fourth-order valence-electron chi connectivity index (χ4n) is 1.71. The van der Waals surface area contributed by atoms with Crippen molar-refractivity contribution < 1.29 is 9.53 Å². The second-order valence-corrected chi connectivity index (χ2v) is 5.13. The molecule has 0 aliphatic heterocycles. The number of carbonyl (C=O) groups is 1. The molecule has 1 N–H and O–H groups in total. The molecule has 0 aromatic heterocycles. The van der Waals surface area contributed by atoms with Gasteiger partial charge in [0.05, 0.1) is 6.61 Å². The molecule has 0 saturated heterocycles. The SMILES string of the molecule is CSc1ccc(NC(=O)COCc2ccccc2)cc1. The third-order valence-electron chi connectivity index (χ3n) is 2.72. The van der Waals surface area contributed by atoms with Gasteiger partial charge in [-0.15, -0.1) is 11.8 Å². The third kappa shape index (κ3) is 4.72. The quantitative estimate of drug-likeness (QED) is 0.826. The van der Waals surface area contributed by atoms with Crippen molar-refractivity contribution >= 4 is 23.4 Å². The summed E-state index contributed by atoms with van der Waals surface area (Å²) >= 11 is 1.67. The van der Waals surface area contributed by atoms with E-state index in [0.29, 0.717) is 6.61 Å². The summed E-state index contributed by atoms with van der Waals surface area (Å²) in [5.41, 5.74) is 1.85. The number of anilines is 1. The number of benzene rings is 2. The zero-order valence-corrected chi connectivity index (χ0v) is 12.2. The highest BCUT2D eigenvalue weighted by Gasteiger charge is 2.02. The van der Waals surface area contributed by atoms with Gasteiger partial charge in [0.15, 0.2) is 0 Å². The minimum absolute atomic E-state index is 0.0547. The smallest absolute Gasteiger partial charge is 0.250 e. The lowest BCUT2D eigenvalue weighted by atomic mass is 10.2. The van der Waals surface area contributed by atoms with Crippen LogP contribution >= 0.6 is 11.8 Å². The number of carbonyl (C=O) groups excluding carboxylic acids is 1. The standard InChI is InChI=1S/C16H17NO2S/c1-20-15-9-7-14(8-10-15)17-16(18)12-19-11-13-5-3-2-4-6-13/h2-10H,11-12H2,1H3,(H,17,18). The number of nitrogens with one attached hydrogen (secondary N) is 1. The van der Waals surface area contributed by atoms with Gasteiger partial charge in [0.25, 0.3) is 0 Å². The number of hydrogen-bond donors (Lipinski definition) is 1. The summed E-state index contributed by atoms with van der Waals surface area (Å²) in [7, 11) is 0. The van der Waals surface area contributed by atoms with Crippen molar-refractivity contribution in [3.8, 4) is 0 Å². The van der Waals surface area contributed by atoms with Crippen LogP contribution in [-0.2, 0) is 16.1 Å². The van der Waals surface area contributed by atoms with Crippen molar-refractivity contribution in [2.45, 2.75) is 11.5 Å². The Hall–Kier alpha value is -1.78. The third-order valence-corrected chi connectivity index (χ3v) is 3.46. The highest BCUT2D eigenvalue weighted by Crippen LogP contribution is 2.17. The summed E-state index contributed by atoms with van der Waals surface area (Å²) in [5, 5.41) is 2.81. The van der Waals surface area contributed by atoms with E-state index in [2.05, 4.69) is 5.32 Å². The maximum Gasteiger partial charge on any atom is 0.250 e. The molecule has 2 rings (SSSR count). The normalized spacial score (nSPS) is 10.2. The molecule has 1 amide bonds. The Morgan fingerprint density at radius 1 is 1.10 bits per heavy atom. The molecule has 2 aromatic rings. The minimum atomic E-state index is -0.141. The summed E-state index contributed by atoms with van der Waals surface area (Å²) in [5.74, 6) is -0.141. The van der Waals surface area contributed by atoms with Crippen LogP contribution in [0.3, 0.4) is 0 Å². The van der Waals surface area contributed by atoms with Crippen LogP contribution < -0.4 is 5.32 Å². The molecule has 0 atom stereocenters. The maximum atomic E-state index is 11.7. The van der Waals surface area contributed by atoms with Crippen molar-refractivity contribution in [2.24, 2.45) is 0 Å². The average molecular weight is 287 g/mol. The van der Waals surface area contributed by atoms with Gasteiger partial charge in [-0.2, -0.15) is 0 Å². The highest BCUT2D eigenvalue weighted by molar-refractivity contribution is 7.98. The first-order valence-electron chi connectivity index (χ1n) is 6.33. The van der Waals surface area contributed by atoms with Gasteiger partial charge in [0.2, 0.25) is 5.91 Å². The van der Waals surface area contributed by atoms with E-state index in [9.17, 15) is 4.79 Å². The van der Waals surface area contributed by atoms with Crippen LogP contribution in [0.5, 0.6) is 0 Å². The molecule has 0 unspecified atom stereocenters. The van der Waals surface area contributed by atoms with E-state index in [0.717, 1.165) is 11.3 Å². The molecular formula is C16H17NO2S. The molecule has 3 nitrogen and oxygen atoms in total. The molecule has 0 aliphatic carbocycles. The Morgan fingerprint density at radius 3 is 2.45 bits per heavy atom. The van der Waals surface area contributed by atoms with Gasteiger partial charge in [-0.1, -0.05) is 30.3 Å². The van der Waals surface area contributed by atoms with E-state index in [1.54, 1.807) is 11.8 Å². The molecule has 0 aliphatic rings. The van der Waals surface area contributed by atoms with E-state index >= 15 is 0 Å². The zero-order valence-electron chi connectivity index (χ0n) is 11.3. The van der Waals surface area contributed by atoms with Gasteiger partial charge < -0.3 is 10.1 Å². The van der Waals surface area contributed by atoms with Gasteiger partial charge in [-0.05, 0) is 36.1 Å². The first-order valence-corrected chi connectivity index (χ1v) is 7.56. The molecule has 0 radical (unpaired) electrons. The predicted octanol–water partition coefficient (Wildman–Crippen LogP) is 3.56. The van der Waals surface area contributed by atoms with E-state index in [1.165, 1.54) is 4.90 Å². The fraction of sp³-hybridized carbons (Fsp3) is 0.188. The maximum absolute atomic E-state index is 11.7. The first-order chi connectivity index (χ1) is 9.78. The second kappa shape index (κ2) is 7.72. The van der Waals surface area contributed by atoms with Crippen LogP contribution in [-0.4, -0.2) is 18.8 Å². The molecule has 20 heavy (non-hydrogen) atoms. The monoisotopic (exact) mass is 287 g/mol. The molecule has 0 bridgehead atoms. The van der Waals surface area contributed by atoms with Gasteiger partial charge in [0, 0.05) is 10.6 Å². The second-order valence-electron chi connectivity index (χ2n) is 4.26. The highest BCUT2D eigenvalue weighted by atomic mass is 32.2. The number of ether oxygens (including phenoxy) is 1. The van der Waals surface area contributed by atoms with Crippen molar-refractivity contribution in [1.29, 1.82) is 0 Å². The summed E-state index contributed by atoms with van der Waals surface area (Å²) < 4.78 is 5.38. The Morgan fingerprint density at radius 2 is 1.80 bits per heavy atom. The minimum Gasteiger partial charge on any atom is -0.367 e. The molecular weight excluding hydrogens is 270 g/mol. The van der Waals surface area contributed by atoms with Crippen LogP contribution in [0, 0.1) is 0 Å². The van der Waals surface area contributed by atoms with E-state index in [1.807, 2.05) is 60.9 Å². The Balaban J connectivity index is 1.74. The summed E-state index contributed by atoms with van der Waals surface area (Å²) in [6.07, 6.45) is 2.02. The van der Waals surface area contributed by atoms with E-state index in [-0.39, 0.29) is 12.5 Å². The van der Waals surface area contributed by atoms with Crippen molar-refractivity contribution in [3.05, 3.63) is 60.2 Å². The number of thioether (sulfide) groups is 1. The van der Waals surface area contributed by atoms with Crippen molar-refractivity contribution in [2.75, 3.05) is 18.2 Å². The summed E-state index contributed by atoms with van der Waals surface area (Å²) in [4.78, 5) is 12.9. The molecule has 2 aromatic carbocycles. The van der Waals surface area contributed by atoms with Gasteiger partial charge in [-0.25, -0.2) is 0 Å². The lowest BCUT2D eigenvalue weighted by Crippen LogP contribution is -2.18. The lowest BCUT2D eigenvalue weighted by molar-refractivity contribution is -0.121. The number of rotatable bonds is 6. The number of hydrogen-bond acceptors (Lipinski definition) is 3. The summed E-state index contributed by atoms with van der Waals surface area (Å²) in [6.45, 7) is 0.499. The zero-order chi connectivity index (χ0) is 14.2. The molecule has 104 valence electrons. The van der Waals surface area contributed by atoms with Gasteiger partial charge in [0.1, 0.15) is 6.61 Å². The molecule has 4 heteroatoms. The molecule has 0 heterocycles. The number of amides is 1. The largest absolute Gasteiger partial charge is 0.367 e. The van der Waals surface area contributed by atoms with E-state index in [4.69, 9.17) is 4.74 Å². The van der Waals surface area contributed by atoms with Crippen LogP contribution in [0.25, 0.3) is 0 Å². The van der Waals surface area contributed by atoms with Crippen molar-refractivity contribution in [1.82, 2.24) is 0 Å². The van der Waals surface area contributed by atoms with Gasteiger partial charge >= 0.3 is 0 Å². The van der Waals surface area contributed by atoms with Crippen LogP contribution in [0.4, 0.5) is 5.69 Å². The predicted molar refractivity (Wildman–Crippen MR) is 83.0 cm³/mol. The van der Waals surface area contributed by atoms with Crippen LogP contribution in [0.15, 0.2) is 59.5 Å². The fourth-order valence-corrected chi connectivity index (χ4v) is 2.12. The van der Waals surface area contributed by atoms with E-state index < -0.39 is 0 Å². The van der Waals surface area contributed by atoms with Crippen LogP contribution in [0.1, 0.15) is 5.56 Å². The topological polar surface area (TPSA) is 38.3 Å². The molecule has 0 saturated carbocycles. The molecule has 0 fully saturated rings. The Labute approximate surface area is 123 Å². The molecule has 0 spiro atoms. The summed E-state index contributed by atoms with van der Waals surface area (Å²) in [6, 6.07) is 17.5. The van der Waals surface area contributed by atoms with Gasteiger partial charge in [-0.3, -0.25) is 4.79 Å².